The number of hydrogen-bond donors (Lipinski definition) is 2. The van der Waals surface area contributed by atoms with Crippen molar-refractivity contribution in [2.45, 2.75) is 12.6 Å². The summed E-state index contributed by atoms with van der Waals surface area (Å²) in [5, 5.41) is 8.82. The fourth-order valence-electron chi connectivity index (χ4n) is 2.25. The van der Waals surface area contributed by atoms with Crippen molar-refractivity contribution in [2.75, 3.05) is 14.1 Å². The number of thiophene rings is 1. The van der Waals surface area contributed by atoms with Crippen LogP contribution in [0.3, 0.4) is 0 Å². The van der Waals surface area contributed by atoms with Gasteiger partial charge in [-0.1, -0.05) is 30.3 Å². The number of nitrogens with one attached hydrogen (secondary N) is 2. The van der Waals surface area contributed by atoms with Gasteiger partial charge in [0.15, 0.2) is 0 Å². The van der Waals surface area contributed by atoms with Gasteiger partial charge < -0.3 is 5.32 Å². The van der Waals surface area contributed by atoms with Gasteiger partial charge in [-0.15, -0.1) is 0 Å². The van der Waals surface area contributed by atoms with Crippen molar-refractivity contribution in [3.8, 4) is 0 Å². The van der Waals surface area contributed by atoms with Gasteiger partial charge in [-0.25, -0.2) is 4.79 Å². The molecule has 0 aliphatic rings. The molecule has 0 unspecified atom stereocenters. The molecule has 1 aromatic carbocycles. The minimum Gasteiger partial charge on any atom is -0.341 e. The highest BCUT2D eigenvalue weighted by Gasteiger charge is 2.26. The van der Waals surface area contributed by atoms with Gasteiger partial charge in [0.05, 0.1) is 0 Å². The summed E-state index contributed by atoms with van der Waals surface area (Å²) < 4.78 is 0. The van der Waals surface area contributed by atoms with Crippen molar-refractivity contribution in [1.29, 1.82) is 0 Å². The Morgan fingerprint density at radius 2 is 1.95 bits per heavy atom. The highest BCUT2D eigenvalue weighted by molar-refractivity contribution is 7.07. The van der Waals surface area contributed by atoms with E-state index in [1.165, 1.54) is 7.05 Å². The maximum absolute atomic E-state index is 12.5. The topological polar surface area (TPSA) is 61.4 Å². The molecule has 6 heteroatoms. The highest BCUT2D eigenvalue weighted by atomic mass is 32.1. The molecule has 0 spiro atoms. The van der Waals surface area contributed by atoms with Crippen molar-refractivity contribution in [1.82, 2.24) is 15.5 Å². The number of carbonyl (C=O) groups excluding carboxylic acids is 2. The minimum absolute atomic E-state index is 0.344. The zero-order chi connectivity index (χ0) is 15.9. The van der Waals surface area contributed by atoms with Crippen LogP contribution in [0.1, 0.15) is 17.2 Å². The third-order valence-electron chi connectivity index (χ3n) is 3.28. The van der Waals surface area contributed by atoms with E-state index in [0.717, 1.165) is 11.1 Å². The second-order valence-electron chi connectivity index (χ2n) is 4.93. The first-order valence-corrected chi connectivity index (χ1v) is 7.85. The smallest absolute Gasteiger partial charge is 0.321 e. The molecule has 22 heavy (non-hydrogen) atoms. The van der Waals surface area contributed by atoms with Crippen LogP contribution in [0.2, 0.25) is 0 Å². The van der Waals surface area contributed by atoms with Gasteiger partial charge in [0.25, 0.3) is 0 Å². The number of nitrogens with zero attached hydrogens (tertiary/aromatic N) is 1. The number of hydrogen-bond acceptors (Lipinski definition) is 4. The molecule has 2 N–H and O–H groups in total. The SMILES string of the molecule is CNC(=O)NC(=O)[C@H](c1ccccc1)N(C)Cc1ccsc1. The molecule has 2 rings (SSSR count). The van der Waals surface area contributed by atoms with E-state index in [2.05, 4.69) is 16.0 Å². The van der Waals surface area contributed by atoms with Gasteiger partial charge in [-0.2, -0.15) is 11.3 Å². The molecule has 0 fully saturated rings. The predicted molar refractivity (Wildman–Crippen MR) is 87.6 cm³/mol. The average Bonchev–Trinajstić information content (AvgIpc) is 3.01. The summed E-state index contributed by atoms with van der Waals surface area (Å²) >= 11 is 1.62. The lowest BCUT2D eigenvalue weighted by Crippen LogP contribution is -2.44. The number of benzene rings is 1. The zero-order valence-electron chi connectivity index (χ0n) is 12.6. The van der Waals surface area contributed by atoms with Gasteiger partial charge in [0, 0.05) is 13.6 Å². The quantitative estimate of drug-likeness (QED) is 0.890. The average molecular weight is 317 g/mol. The number of likely N-dealkylation sites (N-methyl/N-ethyl adjacent to an activating group) is 1. The van der Waals surface area contributed by atoms with E-state index >= 15 is 0 Å². The Morgan fingerprint density at radius 3 is 2.55 bits per heavy atom. The van der Waals surface area contributed by atoms with Crippen LogP contribution in [0.15, 0.2) is 47.2 Å². The van der Waals surface area contributed by atoms with Crippen LogP contribution in [0.25, 0.3) is 0 Å². The van der Waals surface area contributed by atoms with E-state index in [-0.39, 0.29) is 5.91 Å². The first kappa shape index (κ1) is 16.2. The van der Waals surface area contributed by atoms with Gasteiger partial charge in [-0.3, -0.25) is 15.0 Å². The fraction of sp³-hybridized carbons (Fsp3) is 0.250. The molecule has 0 aliphatic heterocycles. The fourth-order valence-corrected chi connectivity index (χ4v) is 2.91. The van der Waals surface area contributed by atoms with Crippen LogP contribution in [0.5, 0.6) is 0 Å². The third kappa shape index (κ3) is 4.16. The Bertz CT molecular complexity index is 614. The Kier molecular flexibility index (Phi) is 5.68. The third-order valence-corrected chi connectivity index (χ3v) is 4.01. The maximum Gasteiger partial charge on any atom is 0.321 e. The van der Waals surface area contributed by atoms with Crippen LogP contribution in [0, 0.1) is 0 Å². The highest BCUT2D eigenvalue weighted by Crippen LogP contribution is 2.22. The van der Waals surface area contributed by atoms with E-state index in [4.69, 9.17) is 0 Å². The van der Waals surface area contributed by atoms with Crippen LogP contribution in [-0.2, 0) is 11.3 Å². The summed E-state index contributed by atoms with van der Waals surface area (Å²) in [6, 6.07) is 10.4. The number of rotatable bonds is 5. The van der Waals surface area contributed by atoms with Gasteiger partial charge >= 0.3 is 6.03 Å². The number of urea groups is 1. The standard InChI is InChI=1S/C16H19N3O2S/c1-17-16(21)18-15(20)14(13-6-4-3-5-7-13)19(2)10-12-8-9-22-11-12/h3-9,11,14H,10H2,1-2H3,(H2,17,18,20,21)/t14-/m0/s1. The number of carbonyl (C=O) groups is 2. The molecule has 5 nitrogen and oxygen atoms in total. The molecule has 1 aromatic heterocycles. The van der Waals surface area contributed by atoms with Crippen LogP contribution in [-0.4, -0.2) is 30.9 Å². The van der Waals surface area contributed by atoms with Gasteiger partial charge in [0.2, 0.25) is 5.91 Å². The normalized spacial score (nSPS) is 12.0. The van der Waals surface area contributed by atoms with Crippen molar-refractivity contribution < 1.29 is 9.59 Å². The molecular formula is C16H19N3O2S. The van der Waals surface area contributed by atoms with E-state index in [9.17, 15) is 9.59 Å². The Hall–Kier alpha value is -2.18. The lowest BCUT2D eigenvalue weighted by Gasteiger charge is -2.27. The van der Waals surface area contributed by atoms with E-state index in [0.29, 0.717) is 6.54 Å². The molecule has 3 amide bonds. The lowest BCUT2D eigenvalue weighted by molar-refractivity contribution is -0.125. The number of amides is 3. The molecule has 0 radical (unpaired) electrons. The maximum atomic E-state index is 12.5. The molecular weight excluding hydrogens is 298 g/mol. The molecule has 0 saturated heterocycles. The Balaban J connectivity index is 2.21. The second kappa shape index (κ2) is 7.72. The lowest BCUT2D eigenvalue weighted by atomic mass is 10.0. The van der Waals surface area contributed by atoms with Crippen molar-refractivity contribution in [2.24, 2.45) is 0 Å². The van der Waals surface area contributed by atoms with Crippen molar-refractivity contribution in [3.05, 3.63) is 58.3 Å². The Morgan fingerprint density at radius 1 is 1.23 bits per heavy atom. The number of imide groups is 1. The molecule has 1 heterocycles. The molecule has 2 aromatic rings. The van der Waals surface area contributed by atoms with Gasteiger partial charge in [-0.05, 0) is 35.0 Å². The summed E-state index contributed by atoms with van der Waals surface area (Å²) in [7, 11) is 3.36. The summed E-state index contributed by atoms with van der Waals surface area (Å²) in [6.45, 7) is 0.629. The molecule has 116 valence electrons. The molecule has 0 saturated carbocycles. The van der Waals surface area contributed by atoms with E-state index < -0.39 is 12.1 Å². The summed E-state index contributed by atoms with van der Waals surface area (Å²) in [6.07, 6.45) is 0. The van der Waals surface area contributed by atoms with Crippen LogP contribution < -0.4 is 10.6 Å². The monoisotopic (exact) mass is 317 g/mol. The van der Waals surface area contributed by atoms with Crippen molar-refractivity contribution >= 4 is 23.3 Å². The second-order valence-corrected chi connectivity index (χ2v) is 5.71. The zero-order valence-corrected chi connectivity index (χ0v) is 13.4. The Labute approximate surface area is 134 Å². The minimum atomic E-state index is -0.529. The summed E-state index contributed by atoms with van der Waals surface area (Å²) in [4.78, 5) is 25.8. The molecule has 0 bridgehead atoms. The van der Waals surface area contributed by atoms with E-state index in [1.54, 1.807) is 11.3 Å². The van der Waals surface area contributed by atoms with E-state index in [1.807, 2.05) is 53.7 Å². The summed E-state index contributed by atoms with van der Waals surface area (Å²) in [5.41, 5.74) is 1.99. The van der Waals surface area contributed by atoms with Crippen molar-refractivity contribution in [3.63, 3.8) is 0 Å². The van der Waals surface area contributed by atoms with Crippen LogP contribution in [0.4, 0.5) is 4.79 Å². The molecule has 1 atom stereocenters. The summed E-state index contributed by atoms with van der Waals surface area (Å²) in [5.74, 6) is -0.344. The first-order chi connectivity index (χ1) is 10.6. The first-order valence-electron chi connectivity index (χ1n) is 6.90. The van der Waals surface area contributed by atoms with Crippen LogP contribution >= 0.6 is 11.3 Å². The van der Waals surface area contributed by atoms with Gasteiger partial charge in [0.1, 0.15) is 6.04 Å². The molecule has 0 aliphatic carbocycles. The predicted octanol–water partition coefficient (Wildman–Crippen LogP) is 2.38. The largest absolute Gasteiger partial charge is 0.341 e.